The molecule has 1 N–H and O–H groups in total. The highest BCUT2D eigenvalue weighted by Crippen LogP contribution is 2.18. The molecule has 0 aromatic heterocycles. The van der Waals surface area contributed by atoms with Gasteiger partial charge < -0.3 is 19.7 Å². The van der Waals surface area contributed by atoms with E-state index >= 15 is 0 Å². The molecule has 6 nitrogen and oxygen atoms in total. The molecular formula is C26H36N2O4. The van der Waals surface area contributed by atoms with Gasteiger partial charge in [-0.25, -0.2) is 0 Å². The smallest absolute Gasteiger partial charge is 0.242 e. The van der Waals surface area contributed by atoms with Crippen molar-refractivity contribution in [1.29, 1.82) is 0 Å². The minimum atomic E-state index is -0.513. The van der Waals surface area contributed by atoms with Gasteiger partial charge in [0.05, 0.1) is 13.7 Å². The van der Waals surface area contributed by atoms with Crippen LogP contribution in [0, 0.1) is 0 Å². The molecule has 6 heteroatoms. The molecule has 1 atom stereocenters. The Morgan fingerprint density at radius 3 is 2.44 bits per heavy atom. The van der Waals surface area contributed by atoms with Crippen LogP contribution in [0.5, 0.6) is 11.5 Å². The molecule has 0 radical (unpaired) electrons. The molecule has 0 saturated carbocycles. The average molecular weight is 441 g/mol. The second kappa shape index (κ2) is 14.1. The quantitative estimate of drug-likeness (QED) is 0.437. The number of rotatable bonds is 14. The lowest BCUT2D eigenvalue weighted by Crippen LogP contribution is -2.49. The molecular weight excluding hydrogens is 404 g/mol. The van der Waals surface area contributed by atoms with Crippen LogP contribution in [0.25, 0.3) is 0 Å². The Hall–Kier alpha value is -3.02. The molecule has 2 aromatic rings. The molecule has 2 aromatic carbocycles. The summed E-state index contributed by atoms with van der Waals surface area (Å²) >= 11 is 0. The molecule has 0 aliphatic carbocycles. The normalized spacial score (nSPS) is 11.5. The fourth-order valence-corrected chi connectivity index (χ4v) is 3.47. The molecule has 0 spiro atoms. The number of methoxy groups -OCH3 is 1. The number of ether oxygens (including phenoxy) is 2. The third-order valence-electron chi connectivity index (χ3n) is 5.25. The number of nitrogens with one attached hydrogen (secondary N) is 1. The minimum Gasteiger partial charge on any atom is -0.497 e. The van der Waals surface area contributed by atoms with E-state index in [1.54, 1.807) is 12.0 Å². The number of unbranched alkanes of at least 4 members (excludes halogenated alkanes) is 1. The van der Waals surface area contributed by atoms with Gasteiger partial charge >= 0.3 is 0 Å². The first-order valence-corrected chi connectivity index (χ1v) is 11.5. The summed E-state index contributed by atoms with van der Waals surface area (Å²) in [5, 5.41) is 2.98. The van der Waals surface area contributed by atoms with Crippen LogP contribution >= 0.6 is 0 Å². The van der Waals surface area contributed by atoms with Gasteiger partial charge in [-0.1, -0.05) is 50.6 Å². The zero-order chi connectivity index (χ0) is 23.2. The number of nitrogens with zero attached hydrogens (tertiary/aromatic N) is 1. The maximum atomic E-state index is 13.2. The zero-order valence-electron chi connectivity index (χ0n) is 19.5. The topological polar surface area (TPSA) is 67.9 Å². The summed E-state index contributed by atoms with van der Waals surface area (Å²) in [5.74, 6) is 1.36. The van der Waals surface area contributed by atoms with Crippen molar-refractivity contribution in [3.8, 4) is 11.5 Å². The number of para-hydroxylation sites is 1. The molecule has 0 bridgehead atoms. The fraction of sp³-hybridized carbons (Fsp3) is 0.462. The van der Waals surface area contributed by atoms with E-state index in [1.165, 1.54) is 0 Å². The highest BCUT2D eigenvalue weighted by atomic mass is 16.5. The largest absolute Gasteiger partial charge is 0.497 e. The maximum Gasteiger partial charge on any atom is 0.242 e. The van der Waals surface area contributed by atoms with E-state index in [4.69, 9.17) is 9.47 Å². The van der Waals surface area contributed by atoms with Crippen molar-refractivity contribution in [3.63, 3.8) is 0 Å². The summed E-state index contributed by atoms with van der Waals surface area (Å²) in [6.07, 6.45) is 3.37. The van der Waals surface area contributed by atoms with Gasteiger partial charge in [-0.3, -0.25) is 9.59 Å². The summed E-state index contributed by atoms with van der Waals surface area (Å²) in [7, 11) is 1.62. The Bertz CT molecular complexity index is 826. The van der Waals surface area contributed by atoms with Gasteiger partial charge in [-0.2, -0.15) is 0 Å². The van der Waals surface area contributed by atoms with Crippen molar-refractivity contribution < 1.29 is 19.1 Å². The number of hydrogen-bond acceptors (Lipinski definition) is 4. The number of carbonyl (C=O) groups is 2. The molecule has 32 heavy (non-hydrogen) atoms. The van der Waals surface area contributed by atoms with Crippen LogP contribution in [0.4, 0.5) is 0 Å². The Morgan fingerprint density at radius 2 is 1.75 bits per heavy atom. The molecule has 0 aliphatic rings. The first-order valence-electron chi connectivity index (χ1n) is 11.5. The molecule has 2 amide bonds. The van der Waals surface area contributed by atoms with Crippen LogP contribution in [0.3, 0.4) is 0 Å². The van der Waals surface area contributed by atoms with Crippen LogP contribution in [0.1, 0.15) is 51.5 Å². The van der Waals surface area contributed by atoms with Crippen molar-refractivity contribution in [2.24, 2.45) is 0 Å². The molecule has 2 rings (SSSR count). The Labute approximate surface area is 191 Å². The molecule has 0 saturated heterocycles. The van der Waals surface area contributed by atoms with E-state index in [-0.39, 0.29) is 11.8 Å². The average Bonchev–Trinajstić information content (AvgIpc) is 2.82. The molecule has 0 fully saturated rings. The highest BCUT2D eigenvalue weighted by Gasteiger charge is 2.28. The molecule has 0 unspecified atom stereocenters. The number of amides is 2. The van der Waals surface area contributed by atoms with Crippen molar-refractivity contribution in [1.82, 2.24) is 10.2 Å². The van der Waals surface area contributed by atoms with Gasteiger partial charge in [-0.05, 0) is 49.1 Å². The Morgan fingerprint density at radius 1 is 1.00 bits per heavy atom. The highest BCUT2D eigenvalue weighted by molar-refractivity contribution is 5.87. The van der Waals surface area contributed by atoms with Gasteiger partial charge in [-0.15, -0.1) is 0 Å². The predicted molar refractivity (Wildman–Crippen MR) is 127 cm³/mol. The van der Waals surface area contributed by atoms with Crippen molar-refractivity contribution >= 4 is 11.8 Å². The summed E-state index contributed by atoms with van der Waals surface area (Å²) < 4.78 is 11.0. The summed E-state index contributed by atoms with van der Waals surface area (Å²) in [6, 6.07) is 16.7. The van der Waals surface area contributed by atoms with Crippen molar-refractivity contribution in [2.45, 2.75) is 58.5 Å². The summed E-state index contributed by atoms with van der Waals surface area (Å²) in [5.41, 5.74) is 0.929. The van der Waals surface area contributed by atoms with Crippen LogP contribution in [0.2, 0.25) is 0 Å². The third-order valence-corrected chi connectivity index (χ3v) is 5.25. The van der Waals surface area contributed by atoms with Crippen LogP contribution in [-0.4, -0.2) is 43.0 Å². The SMILES string of the molecule is CCCCNC(=O)[C@@H](CC)N(Cc1cccc(OC)c1)C(=O)CCCOc1ccccc1. The van der Waals surface area contributed by atoms with E-state index in [0.29, 0.717) is 39.0 Å². The predicted octanol–water partition coefficient (Wildman–Crippen LogP) is 4.58. The second-order valence-corrected chi connectivity index (χ2v) is 7.71. The van der Waals surface area contributed by atoms with Crippen molar-refractivity contribution in [2.75, 3.05) is 20.3 Å². The van der Waals surface area contributed by atoms with Crippen LogP contribution in [0.15, 0.2) is 54.6 Å². The zero-order valence-corrected chi connectivity index (χ0v) is 19.5. The van der Waals surface area contributed by atoms with E-state index in [0.717, 1.165) is 29.9 Å². The van der Waals surface area contributed by atoms with Crippen LogP contribution in [-0.2, 0) is 16.1 Å². The molecule has 0 heterocycles. The lowest BCUT2D eigenvalue weighted by atomic mass is 10.1. The standard InChI is InChI=1S/C26H36N2O4/c1-4-6-17-27-26(30)24(5-2)28(20-21-12-10-15-23(19-21)31-3)25(29)16-11-18-32-22-13-8-7-9-14-22/h7-10,12-15,19,24H,4-6,11,16-18,20H2,1-3H3,(H,27,30)/t24-/m1/s1. The lowest BCUT2D eigenvalue weighted by molar-refractivity contribution is -0.141. The number of benzene rings is 2. The Balaban J connectivity index is 2.06. The summed E-state index contributed by atoms with van der Waals surface area (Å²) in [6.45, 7) is 5.45. The van der Waals surface area contributed by atoms with Crippen LogP contribution < -0.4 is 14.8 Å². The monoisotopic (exact) mass is 440 g/mol. The van der Waals surface area contributed by atoms with Gasteiger partial charge in [0.25, 0.3) is 0 Å². The van der Waals surface area contributed by atoms with E-state index < -0.39 is 6.04 Å². The first-order chi connectivity index (χ1) is 15.6. The van der Waals surface area contributed by atoms with Gasteiger partial charge in [0.15, 0.2) is 0 Å². The molecule has 174 valence electrons. The minimum absolute atomic E-state index is 0.0537. The van der Waals surface area contributed by atoms with E-state index in [1.807, 2.05) is 61.5 Å². The maximum absolute atomic E-state index is 13.2. The van der Waals surface area contributed by atoms with E-state index in [9.17, 15) is 9.59 Å². The summed E-state index contributed by atoms with van der Waals surface area (Å²) in [4.78, 5) is 27.8. The Kier molecular flexibility index (Phi) is 11.1. The second-order valence-electron chi connectivity index (χ2n) is 7.71. The number of carbonyl (C=O) groups excluding carboxylic acids is 2. The lowest BCUT2D eigenvalue weighted by Gasteiger charge is -2.31. The molecule has 0 aliphatic heterocycles. The van der Waals surface area contributed by atoms with Crippen molar-refractivity contribution in [3.05, 3.63) is 60.2 Å². The van der Waals surface area contributed by atoms with E-state index in [2.05, 4.69) is 12.2 Å². The van der Waals surface area contributed by atoms with Gasteiger partial charge in [0.2, 0.25) is 11.8 Å². The van der Waals surface area contributed by atoms with Gasteiger partial charge in [0, 0.05) is 19.5 Å². The fourth-order valence-electron chi connectivity index (χ4n) is 3.47. The van der Waals surface area contributed by atoms with Gasteiger partial charge in [0.1, 0.15) is 17.5 Å². The number of hydrogen-bond donors (Lipinski definition) is 1. The third kappa shape index (κ3) is 8.25. The first kappa shape index (κ1) is 25.2.